The van der Waals surface area contributed by atoms with E-state index in [9.17, 15) is 9.59 Å². The summed E-state index contributed by atoms with van der Waals surface area (Å²) in [7, 11) is 0. The highest BCUT2D eigenvalue weighted by Gasteiger charge is 2.13. The zero-order chi connectivity index (χ0) is 19.2. The van der Waals surface area contributed by atoms with Gasteiger partial charge in [0, 0.05) is 11.1 Å². The number of nitrogens with one attached hydrogen (secondary N) is 2. The van der Waals surface area contributed by atoms with Crippen molar-refractivity contribution in [3.8, 4) is 11.8 Å². The van der Waals surface area contributed by atoms with Crippen molar-refractivity contribution in [2.75, 3.05) is 6.61 Å². The second-order valence-electron chi connectivity index (χ2n) is 5.76. The highest BCUT2D eigenvalue weighted by atomic mass is 16.5. The number of amides is 2. The van der Waals surface area contributed by atoms with Gasteiger partial charge in [0.15, 0.2) is 6.61 Å². The van der Waals surface area contributed by atoms with Crippen molar-refractivity contribution in [2.24, 2.45) is 0 Å². The van der Waals surface area contributed by atoms with Gasteiger partial charge >= 0.3 is 0 Å². The first-order chi connectivity index (χ1) is 13.1. The van der Waals surface area contributed by atoms with Gasteiger partial charge in [-0.1, -0.05) is 18.2 Å². The number of fused-ring (bicyclic) bond motifs is 1. The summed E-state index contributed by atoms with van der Waals surface area (Å²) < 4.78 is 5.31. The number of nitriles is 1. The molecular weight excluding hydrogens is 344 g/mol. The lowest BCUT2D eigenvalue weighted by Gasteiger charge is -2.11. The van der Waals surface area contributed by atoms with Crippen molar-refractivity contribution in [1.82, 2.24) is 15.8 Å². The van der Waals surface area contributed by atoms with Crippen LogP contribution in [0.3, 0.4) is 0 Å². The van der Waals surface area contributed by atoms with Crippen LogP contribution in [-0.2, 0) is 4.79 Å². The molecule has 0 atom stereocenters. The molecule has 2 N–H and O–H groups in total. The monoisotopic (exact) mass is 360 g/mol. The number of pyridine rings is 1. The summed E-state index contributed by atoms with van der Waals surface area (Å²) in [6.07, 6.45) is 0. The minimum absolute atomic E-state index is 0.275. The van der Waals surface area contributed by atoms with Gasteiger partial charge in [0.25, 0.3) is 11.8 Å². The number of benzene rings is 2. The van der Waals surface area contributed by atoms with E-state index < -0.39 is 11.8 Å². The first-order valence-corrected chi connectivity index (χ1v) is 8.15. The molecule has 3 aromatic rings. The topological polar surface area (TPSA) is 104 Å². The predicted octanol–water partition coefficient (Wildman–Crippen LogP) is 2.25. The molecule has 0 aliphatic carbocycles. The standard InChI is InChI=1S/C20H16N4O3/c1-13-10-17(16-4-2-3-5-18(16)22-13)20(26)24-23-19(25)12-27-15-8-6-14(11-21)7-9-15/h2-10H,12H2,1H3,(H,23,25)(H,24,26). The van der Waals surface area contributed by atoms with Gasteiger partial charge in [0.05, 0.1) is 22.7 Å². The van der Waals surface area contributed by atoms with Gasteiger partial charge < -0.3 is 4.74 Å². The van der Waals surface area contributed by atoms with Crippen LogP contribution < -0.4 is 15.6 Å². The smallest absolute Gasteiger partial charge is 0.276 e. The lowest BCUT2D eigenvalue weighted by atomic mass is 10.1. The molecule has 0 radical (unpaired) electrons. The van der Waals surface area contributed by atoms with Gasteiger partial charge in [-0.3, -0.25) is 25.4 Å². The quantitative estimate of drug-likeness (QED) is 0.695. The first kappa shape index (κ1) is 17.9. The van der Waals surface area contributed by atoms with Crippen molar-refractivity contribution in [1.29, 1.82) is 5.26 Å². The number of aromatic nitrogens is 1. The summed E-state index contributed by atoms with van der Waals surface area (Å²) in [6, 6.07) is 17.3. The van der Waals surface area contributed by atoms with Crippen molar-refractivity contribution in [2.45, 2.75) is 6.92 Å². The highest BCUT2D eigenvalue weighted by Crippen LogP contribution is 2.18. The minimum Gasteiger partial charge on any atom is -0.484 e. The summed E-state index contributed by atoms with van der Waals surface area (Å²) in [4.78, 5) is 28.7. The number of carbonyl (C=O) groups is 2. The Morgan fingerprint density at radius 3 is 2.59 bits per heavy atom. The maximum atomic E-state index is 12.4. The molecule has 3 rings (SSSR count). The molecule has 0 aliphatic rings. The Morgan fingerprint density at radius 2 is 1.85 bits per heavy atom. The molecule has 1 aromatic heterocycles. The maximum Gasteiger partial charge on any atom is 0.276 e. The predicted molar refractivity (Wildman–Crippen MR) is 98.7 cm³/mol. The molecule has 134 valence electrons. The van der Waals surface area contributed by atoms with E-state index in [-0.39, 0.29) is 6.61 Å². The number of aryl methyl sites for hydroxylation is 1. The number of hydrogen-bond donors (Lipinski definition) is 2. The molecule has 0 unspecified atom stereocenters. The van der Waals surface area contributed by atoms with Gasteiger partial charge in [0.1, 0.15) is 5.75 Å². The number of nitrogens with zero attached hydrogens (tertiary/aromatic N) is 2. The molecule has 1 heterocycles. The van der Waals surface area contributed by atoms with Gasteiger partial charge in [-0.25, -0.2) is 0 Å². The largest absolute Gasteiger partial charge is 0.484 e. The SMILES string of the molecule is Cc1cc(C(=O)NNC(=O)COc2ccc(C#N)cc2)c2ccccc2n1. The fourth-order valence-electron chi connectivity index (χ4n) is 2.50. The average molecular weight is 360 g/mol. The summed E-state index contributed by atoms with van der Waals surface area (Å²) >= 11 is 0. The molecular formula is C20H16N4O3. The molecule has 7 nitrogen and oxygen atoms in total. The van der Waals surface area contributed by atoms with Crippen LogP contribution in [0.5, 0.6) is 5.75 Å². The van der Waals surface area contributed by atoms with Crippen molar-refractivity contribution < 1.29 is 14.3 Å². The molecule has 0 aliphatic heterocycles. The molecule has 0 saturated heterocycles. The van der Waals surface area contributed by atoms with Crippen LogP contribution in [0.15, 0.2) is 54.6 Å². The number of rotatable bonds is 4. The number of carbonyl (C=O) groups excluding carboxylic acids is 2. The fraction of sp³-hybridized carbons (Fsp3) is 0.100. The number of ether oxygens (including phenoxy) is 1. The molecule has 2 aromatic carbocycles. The van der Waals surface area contributed by atoms with Crippen LogP contribution in [0.1, 0.15) is 21.6 Å². The molecule has 0 bridgehead atoms. The summed E-state index contributed by atoms with van der Waals surface area (Å²) in [5, 5.41) is 9.44. The minimum atomic E-state index is -0.511. The van der Waals surface area contributed by atoms with Crippen molar-refractivity contribution >= 4 is 22.7 Å². The van der Waals surface area contributed by atoms with Gasteiger partial charge in [0.2, 0.25) is 0 Å². The maximum absolute atomic E-state index is 12.4. The normalized spacial score (nSPS) is 10.1. The van der Waals surface area contributed by atoms with Gasteiger partial charge in [-0.2, -0.15) is 5.26 Å². The van der Waals surface area contributed by atoms with E-state index in [1.165, 1.54) is 0 Å². The third-order valence-corrected chi connectivity index (χ3v) is 3.76. The number of hydrazine groups is 1. The van der Waals surface area contributed by atoms with E-state index in [0.29, 0.717) is 33.5 Å². The Kier molecular flexibility index (Phi) is 5.28. The van der Waals surface area contributed by atoms with E-state index in [1.807, 2.05) is 24.3 Å². The number of hydrogen-bond acceptors (Lipinski definition) is 5. The zero-order valence-corrected chi connectivity index (χ0v) is 14.5. The molecule has 0 spiro atoms. The van der Waals surface area contributed by atoms with Crippen LogP contribution in [-0.4, -0.2) is 23.4 Å². The molecule has 2 amide bonds. The van der Waals surface area contributed by atoms with E-state index >= 15 is 0 Å². The Balaban J connectivity index is 1.59. The second-order valence-corrected chi connectivity index (χ2v) is 5.76. The summed E-state index contributed by atoms with van der Waals surface area (Å²) in [5.74, 6) is -0.502. The number of para-hydroxylation sites is 1. The van der Waals surface area contributed by atoms with Crippen LogP contribution in [0.2, 0.25) is 0 Å². The highest BCUT2D eigenvalue weighted by molar-refractivity contribution is 6.06. The molecule has 27 heavy (non-hydrogen) atoms. The molecule has 0 saturated carbocycles. The van der Waals surface area contributed by atoms with Crippen LogP contribution in [0.4, 0.5) is 0 Å². The van der Waals surface area contributed by atoms with Crippen LogP contribution in [0, 0.1) is 18.3 Å². The average Bonchev–Trinajstić information content (AvgIpc) is 2.70. The summed E-state index contributed by atoms with van der Waals surface area (Å²) in [5.41, 5.74) is 7.04. The second kappa shape index (κ2) is 7.97. The molecule has 7 heteroatoms. The van der Waals surface area contributed by atoms with Crippen molar-refractivity contribution in [3.63, 3.8) is 0 Å². The lowest BCUT2D eigenvalue weighted by Crippen LogP contribution is -2.43. The third kappa shape index (κ3) is 4.38. The van der Waals surface area contributed by atoms with Crippen LogP contribution >= 0.6 is 0 Å². The molecule has 0 fully saturated rings. The van der Waals surface area contributed by atoms with E-state index in [4.69, 9.17) is 10.00 Å². The van der Waals surface area contributed by atoms with Gasteiger partial charge in [-0.15, -0.1) is 0 Å². The summed E-state index contributed by atoms with van der Waals surface area (Å²) in [6.45, 7) is 1.52. The zero-order valence-electron chi connectivity index (χ0n) is 14.5. The van der Waals surface area contributed by atoms with Gasteiger partial charge in [-0.05, 0) is 43.3 Å². The van der Waals surface area contributed by atoms with Crippen LogP contribution in [0.25, 0.3) is 10.9 Å². The van der Waals surface area contributed by atoms with E-state index in [2.05, 4.69) is 15.8 Å². The Hall–Kier alpha value is -3.92. The first-order valence-electron chi connectivity index (χ1n) is 8.15. The third-order valence-electron chi connectivity index (χ3n) is 3.76. The van der Waals surface area contributed by atoms with E-state index in [0.717, 1.165) is 0 Å². The van der Waals surface area contributed by atoms with Crippen molar-refractivity contribution in [3.05, 3.63) is 71.4 Å². The Morgan fingerprint density at radius 1 is 1.11 bits per heavy atom. The Bertz CT molecular complexity index is 1040. The fourth-order valence-corrected chi connectivity index (χ4v) is 2.50. The lowest BCUT2D eigenvalue weighted by molar-refractivity contribution is -0.123. The van der Waals surface area contributed by atoms with E-state index in [1.54, 1.807) is 43.3 Å². The Labute approximate surface area is 155 Å².